The molecule has 3 rings (SSSR count). The van der Waals surface area contributed by atoms with Crippen LogP contribution in [0.2, 0.25) is 0 Å². The molecule has 1 aromatic heterocycles. The van der Waals surface area contributed by atoms with E-state index < -0.39 is 0 Å². The molecule has 0 unspecified atom stereocenters. The number of rotatable bonds is 2. The van der Waals surface area contributed by atoms with Gasteiger partial charge in [0, 0.05) is 16.7 Å². The van der Waals surface area contributed by atoms with Crippen molar-refractivity contribution in [3.8, 4) is 6.07 Å². The molecule has 4 heteroatoms. The number of hydrogen-bond acceptors (Lipinski definition) is 3. The summed E-state index contributed by atoms with van der Waals surface area (Å²) in [6.07, 6.45) is 4.58. The van der Waals surface area contributed by atoms with Crippen molar-refractivity contribution < 1.29 is 4.39 Å². The molecule has 0 radical (unpaired) electrons. The van der Waals surface area contributed by atoms with E-state index in [-0.39, 0.29) is 11.2 Å². The number of halogens is 1. The summed E-state index contributed by atoms with van der Waals surface area (Å²) in [5, 5.41) is 10.3. The molecule has 0 N–H and O–H groups in total. The smallest absolute Gasteiger partial charge is 0.134 e. The molecular weight excluding hydrogens is 319 g/mol. The SMILES string of the molecule is CC(C)(C)[C@@H]1CCc2c(sc(N=Cc3ccccc3F)c2C#N)C1. The third kappa shape index (κ3) is 3.27. The molecule has 124 valence electrons. The Kier molecular flexibility index (Phi) is 4.56. The zero-order valence-electron chi connectivity index (χ0n) is 14.3. The van der Waals surface area contributed by atoms with Crippen molar-refractivity contribution >= 4 is 22.6 Å². The largest absolute Gasteiger partial charge is 0.244 e. The van der Waals surface area contributed by atoms with Crippen molar-refractivity contribution in [1.82, 2.24) is 0 Å². The Morgan fingerprint density at radius 1 is 1.33 bits per heavy atom. The van der Waals surface area contributed by atoms with E-state index in [2.05, 4.69) is 31.8 Å². The van der Waals surface area contributed by atoms with Crippen molar-refractivity contribution in [2.75, 3.05) is 0 Å². The third-order valence-electron chi connectivity index (χ3n) is 4.81. The average Bonchev–Trinajstić information content (AvgIpc) is 2.89. The molecule has 1 atom stereocenters. The number of nitriles is 1. The summed E-state index contributed by atoms with van der Waals surface area (Å²) in [6.45, 7) is 6.83. The van der Waals surface area contributed by atoms with E-state index in [1.165, 1.54) is 17.2 Å². The van der Waals surface area contributed by atoms with Gasteiger partial charge in [-0.2, -0.15) is 5.26 Å². The molecule has 1 aromatic carbocycles. The van der Waals surface area contributed by atoms with Crippen molar-refractivity contribution in [3.63, 3.8) is 0 Å². The predicted octanol–water partition coefficient (Wildman–Crippen LogP) is 5.66. The summed E-state index contributed by atoms with van der Waals surface area (Å²) in [6, 6.07) is 8.85. The number of nitrogens with zero attached hydrogens (tertiary/aromatic N) is 2. The standard InChI is InChI=1S/C20H21FN2S/c1-20(2,3)14-8-9-15-16(11-22)19(24-18(15)10-14)23-12-13-6-4-5-7-17(13)21/h4-7,12,14H,8-10H2,1-3H3/t14-/m1/s1. The number of thiophene rings is 1. The Morgan fingerprint density at radius 3 is 2.75 bits per heavy atom. The maximum atomic E-state index is 13.7. The van der Waals surface area contributed by atoms with Crippen LogP contribution >= 0.6 is 11.3 Å². The molecule has 1 aliphatic carbocycles. The minimum atomic E-state index is -0.297. The monoisotopic (exact) mass is 340 g/mol. The lowest BCUT2D eigenvalue weighted by Crippen LogP contribution is -2.26. The van der Waals surface area contributed by atoms with Gasteiger partial charge in [0.15, 0.2) is 0 Å². The molecule has 1 aliphatic rings. The van der Waals surface area contributed by atoms with Crippen molar-refractivity contribution in [2.24, 2.45) is 16.3 Å². The van der Waals surface area contributed by atoms with Crippen LogP contribution < -0.4 is 0 Å². The van der Waals surface area contributed by atoms with Crippen LogP contribution in [0, 0.1) is 28.5 Å². The second kappa shape index (κ2) is 6.49. The summed E-state index contributed by atoms with van der Waals surface area (Å²) in [5.41, 5.74) is 2.55. The van der Waals surface area contributed by atoms with Crippen LogP contribution in [0.15, 0.2) is 29.3 Å². The van der Waals surface area contributed by atoms with Gasteiger partial charge in [-0.15, -0.1) is 11.3 Å². The van der Waals surface area contributed by atoms with Gasteiger partial charge in [0.1, 0.15) is 16.9 Å². The molecule has 0 amide bonds. The zero-order valence-corrected chi connectivity index (χ0v) is 15.1. The van der Waals surface area contributed by atoms with Crippen LogP contribution in [0.3, 0.4) is 0 Å². The Morgan fingerprint density at radius 2 is 2.08 bits per heavy atom. The summed E-state index contributed by atoms with van der Waals surface area (Å²) >= 11 is 1.59. The minimum Gasteiger partial charge on any atom is -0.244 e. The first-order valence-corrected chi connectivity index (χ1v) is 9.05. The van der Waals surface area contributed by atoms with Gasteiger partial charge in [-0.1, -0.05) is 39.0 Å². The summed E-state index contributed by atoms with van der Waals surface area (Å²) < 4.78 is 13.7. The quantitative estimate of drug-likeness (QED) is 0.650. The average molecular weight is 340 g/mol. The Bertz CT molecular complexity index is 821. The summed E-state index contributed by atoms with van der Waals surface area (Å²) in [4.78, 5) is 5.71. The maximum absolute atomic E-state index is 13.7. The first kappa shape index (κ1) is 16.9. The van der Waals surface area contributed by atoms with E-state index in [9.17, 15) is 9.65 Å². The predicted molar refractivity (Wildman–Crippen MR) is 97.7 cm³/mol. The van der Waals surface area contributed by atoms with Gasteiger partial charge in [0.25, 0.3) is 0 Å². The third-order valence-corrected chi connectivity index (χ3v) is 5.97. The van der Waals surface area contributed by atoms with Crippen LogP contribution in [0.5, 0.6) is 0 Å². The van der Waals surface area contributed by atoms with Gasteiger partial charge < -0.3 is 0 Å². The molecule has 24 heavy (non-hydrogen) atoms. The van der Waals surface area contributed by atoms with Crippen LogP contribution in [-0.2, 0) is 12.8 Å². The van der Waals surface area contributed by atoms with E-state index in [1.54, 1.807) is 29.5 Å². The molecule has 0 bridgehead atoms. The number of aliphatic imine (C=N–C) groups is 1. The fourth-order valence-electron chi connectivity index (χ4n) is 3.22. The van der Waals surface area contributed by atoms with Gasteiger partial charge in [0.2, 0.25) is 0 Å². The lowest BCUT2D eigenvalue weighted by Gasteiger charge is -2.33. The first-order valence-electron chi connectivity index (χ1n) is 8.23. The van der Waals surface area contributed by atoms with E-state index >= 15 is 0 Å². The zero-order chi connectivity index (χ0) is 17.3. The summed E-state index contributed by atoms with van der Waals surface area (Å²) in [5.74, 6) is 0.326. The molecule has 0 fully saturated rings. The Labute approximate surface area is 146 Å². The number of hydrogen-bond donors (Lipinski definition) is 0. The molecule has 1 heterocycles. The second-order valence-electron chi connectivity index (χ2n) is 7.38. The Hall–Kier alpha value is -1.99. The minimum absolute atomic E-state index is 0.269. The van der Waals surface area contributed by atoms with Crippen molar-refractivity contribution in [2.45, 2.75) is 40.0 Å². The molecule has 0 spiro atoms. The molecule has 2 aromatic rings. The van der Waals surface area contributed by atoms with E-state index in [0.29, 0.717) is 22.0 Å². The van der Waals surface area contributed by atoms with Crippen LogP contribution in [0.25, 0.3) is 0 Å². The van der Waals surface area contributed by atoms with Gasteiger partial charge in [-0.05, 0) is 42.2 Å². The fourth-order valence-corrected chi connectivity index (χ4v) is 4.45. The highest BCUT2D eigenvalue weighted by Gasteiger charge is 2.32. The number of fused-ring (bicyclic) bond motifs is 1. The number of benzene rings is 1. The van der Waals surface area contributed by atoms with Gasteiger partial charge in [0.05, 0.1) is 5.56 Å². The lowest BCUT2D eigenvalue weighted by atomic mass is 9.72. The second-order valence-corrected chi connectivity index (χ2v) is 8.46. The van der Waals surface area contributed by atoms with Gasteiger partial charge >= 0.3 is 0 Å². The molecule has 0 aliphatic heterocycles. The van der Waals surface area contributed by atoms with E-state index in [4.69, 9.17) is 0 Å². The highest BCUT2D eigenvalue weighted by atomic mass is 32.1. The molecule has 0 saturated heterocycles. The molecular formula is C20H21FN2S. The van der Waals surface area contributed by atoms with Crippen molar-refractivity contribution in [1.29, 1.82) is 5.26 Å². The molecule has 0 saturated carbocycles. The topological polar surface area (TPSA) is 36.1 Å². The van der Waals surface area contributed by atoms with Crippen molar-refractivity contribution in [3.05, 3.63) is 51.7 Å². The normalized spacial score (nSPS) is 17.7. The Balaban J connectivity index is 1.93. The highest BCUT2D eigenvalue weighted by Crippen LogP contribution is 2.44. The fraction of sp³-hybridized carbons (Fsp3) is 0.400. The first-order chi connectivity index (χ1) is 11.4. The maximum Gasteiger partial charge on any atom is 0.134 e. The van der Waals surface area contributed by atoms with Crippen LogP contribution in [-0.4, -0.2) is 6.21 Å². The summed E-state index contributed by atoms with van der Waals surface area (Å²) in [7, 11) is 0. The highest BCUT2D eigenvalue weighted by molar-refractivity contribution is 7.16. The van der Waals surface area contributed by atoms with Gasteiger partial charge in [-0.3, -0.25) is 0 Å². The lowest BCUT2D eigenvalue weighted by molar-refractivity contribution is 0.218. The van der Waals surface area contributed by atoms with Gasteiger partial charge in [-0.25, -0.2) is 9.38 Å². The van der Waals surface area contributed by atoms with Crippen LogP contribution in [0.1, 0.15) is 48.8 Å². The van der Waals surface area contributed by atoms with E-state index in [0.717, 1.165) is 24.8 Å². The van der Waals surface area contributed by atoms with Crippen LogP contribution in [0.4, 0.5) is 9.39 Å². The van der Waals surface area contributed by atoms with E-state index in [1.807, 2.05) is 0 Å². The molecule has 2 nitrogen and oxygen atoms in total.